The normalized spacial score (nSPS) is 8.73. The lowest BCUT2D eigenvalue weighted by molar-refractivity contribution is 0.218. The smallest absolute Gasteiger partial charge is 0.0597 e. The second-order valence-electron chi connectivity index (χ2n) is 1.80. The summed E-state index contributed by atoms with van der Waals surface area (Å²) in [6.07, 6.45) is 1.77. The minimum absolute atomic E-state index is 0.271. The van der Waals surface area contributed by atoms with E-state index in [9.17, 15) is 0 Å². The molecule has 0 aliphatic heterocycles. The lowest BCUT2D eigenvalue weighted by Crippen LogP contribution is -1.85. The van der Waals surface area contributed by atoms with Crippen LogP contribution in [0.4, 0.5) is 0 Å². The first-order chi connectivity index (χ1) is 5.33. The first-order valence-electron chi connectivity index (χ1n) is 3.55. The van der Waals surface area contributed by atoms with Crippen LogP contribution in [-0.2, 0) is 4.74 Å². The summed E-state index contributed by atoms with van der Waals surface area (Å²) in [4.78, 5) is 0. The van der Waals surface area contributed by atoms with Crippen molar-refractivity contribution < 1.29 is 9.84 Å². The number of ether oxygens (including phenoxy) is 1. The maximum Gasteiger partial charge on any atom is 0.0597 e. The summed E-state index contributed by atoms with van der Waals surface area (Å²) in [5.74, 6) is 1.26. The van der Waals surface area contributed by atoms with Gasteiger partial charge in [0.15, 0.2) is 0 Å². The SMILES string of the molecule is COCCCl.OCCCCCl. The van der Waals surface area contributed by atoms with Gasteiger partial charge >= 0.3 is 0 Å². The second-order valence-corrected chi connectivity index (χ2v) is 2.56. The molecule has 1 N–H and O–H groups in total. The van der Waals surface area contributed by atoms with E-state index in [1.54, 1.807) is 7.11 Å². The van der Waals surface area contributed by atoms with Gasteiger partial charge in [-0.05, 0) is 12.8 Å². The molecule has 0 aliphatic carbocycles. The number of halogens is 2. The number of alkyl halides is 2. The monoisotopic (exact) mass is 202 g/mol. The van der Waals surface area contributed by atoms with E-state index in [0.29, 0.717) is 18.4 Å². The van der Waals surface area contributed by atoms with Crippen molar-refractivity contribution in [1.82, 2.24) is 0 Å². The number of unbranched alkanes of at least 4 members (excludes halogenated alkanes) is 1. The number of hydrogen-bond acceptors (Lipinski definition) is 2. The van der Waals surface area contributed by atoms with E-state index in [1.165, 1.54) is 0 Å². The molecule has 0 radical (unpaired) electrons. The van der Waals surface area contributed by atoms with Crippen LogP contribution in [0.25, 0.3) is 0 Å². The highest BCUT2D eigenvalue weighted by Crippen LogP contribution is 1.87. The van der Waals surface area contributed by atoms with Crippen LogP contribution in [0.3, 0.4) is 0 Å². The zero-order chi connectivity index (χ0) is 8.95. The predicted octanol–water partition coefficient (Wildman–Crippen LogP) is 1.87. The standard InChI is InChI=1S/C4H9ClO.C3H7ClO/c5-3-1-2-4-6;1-5-3-2-4/h6H,1-4H2;2-3H2,1H3. The van der Waals surface area contributed by atoms with E-state index in [4.69, 9.17) is 28.3 Å². The number of rotatable bonds is 5. The lowest BCUT2D eigenvalue weighted by atomic mass is 10.4. The lowest BCUT2D eigenvalue weighted by Gasteiger charge is -1.84. The van der Waals surface area contributed by atoms with E-state index >= 15 is 0 Å². The molecule has 0 spiro atoms. The van der Waals surface area contributed by atoms with Crippen LogP contribution in [-0.4, -0.2) is 37.2 Å². The van der Waals surface area contributed by atoms with E-state index < -0.39 is 0 Å². The van der Waals surface area contributed by atoms with Crippen molar-refractivity contribution in [1.29, 1.82) is 0 Å². The Balaban J connectivity index is 0. The summed E-state index contributed by atoms with van der Waals surface area (Å²) in [5, 5.41) is 8.14. The molecule has 2 nitrogen and oxygen atoms in total. The minimum Gasteiger partial charge on any atom is -0.396 e. The van der Waals surface area contributed by atoms with Gasteiger partial charge in [-0.25, -0.2) is 0 Å². The Morgan fingerprint density at radius 2 is 1.82 bits per heavy atom. The molecule has 11 heavy (non-hydrogen) atoms. The minimum atomic E-state index is 0.271. The van der Waals surface area contributed by atoms with Crippen LogP contribution in [0.15, 0.2) is 0 Å². The van der Waals surface area contributed by atoms with E-state index in [1.807, 2.05) is 0 Å². The third kappa shape index (κ3) is 25.1. The first-order valence-corrected chi connectivity index (χ1v) is 4.62. The molecule has 0 fully saturated rings. The number of aliphatic hydroxyl groups excluding tert-OH is 1. The van der Waals surface area contributed by atoms with Gasteiger partial charge in [0.05, 0.1) is 6.61 Å². The molecular formula is C7H16Cl2O2. The van der Waals surface area contributed by atoms with Crippen molar-refractivity contribution in [2.24, 2.45) is 0 Å². The molecule has 0 aromatic carbocycles. The Morgan fingerprint density at radius 3 is 1.91 bits per heavy atom. The van der Waals surface area contributed by atoms with Gasteiger partial charge in [-0.15, -0.1) is 23.2 Å². The maximum absolute atomic E-state index is 8.14. The quantitative estimate of drug-likeness (QED) is 0.546. The van der Waals surface area contributed by atoms with Crippen LogP contribution in [0.1, 0.15) is 12.8 Å². The van der Waals surface area contributed by atoms with Crippen molar-refractivity contribution >= 4 is 23.2 Å². The molecular weight excluding hydrogens is 187 g/mol. The van der Waals surface area contributed by atoms with Crippen molar-refractivity contribution in [3.63, 3.8) is 0 Å². The zero-order valence-electron chi connectivity index (χ0n) is 6.85. The number of hydrogen-bond donors (Lipinski definition) is 1. The van der Waals surface area contributed by atoms with Crippen molar-refractivity contribution in [3.8, 4) is 0 Å². The topological polar surface area (TPSA) is 29.5 Å². The maximum atomic E-state index is 8.14. The molecule has 4 heteroatoms. The van der Waals surface area contributed by atoms with E-state index in [2.05, 4.69) is 4.74 Å². The third-order valence-corrected chi connectivity index (χ3v) is 1.24. The summed E-state index contributed by atoms with van der Waals surface area (Å²) in [6.45, 7) is 0.925. The van der Waals surface area contributed by atoms with Gasteiger partial charge in [0.1, 0.15) is 0 Å². The molecule has 0 unspecified atom stereocenters. The van der Waals surface area contributed by atoms with Gasteiger partial charge in [0, 0.05) is 25.5 Å². The molecule has 0 heterocycles. The predicted molar refractivity (Wildman–Crippen MR) is 49.6 cm³/mol. The van der Waals surface area contributed by atoms with Crippen molar-refractivity contribution in [3.05, 3.63) is 0 Å². The van der Waals surface area contributed by atoms with Gasteiger partial charge in [-0.2, -0.15) is 0 Å². The Hall–Kier alpha value is 0.500. The Labute approximate surface area is 78.4 Å². The molecule has 0 saturated carbocycles. The average molecular weight is 203 g/mol. The zero-order valence-corrected chi connectivity index (χ0v) is 8.37. The van der Waals surface area contributed by atoms with Crippen molar-refractivity contribution in [2.75, 3.05) is 32.1 Å². The summed E-state index contributed by atoms with van der Waals surface area (Å²) in [5.41, 5.74) is 0. The molecule has 0 saturated heterocycles. The van der Waals surface area contributed by atoms with Crippen molar-refractivity contribution in [2.45, 2.75) is 12.8 Å². The molecule has 0 aromatic rings. The molecule has 0 aliphatic rings. The van der Waals surface area contributed by atoms with Gasteiger partial charge in [0.2, 0.25) is 0 Å². The fraction of sp³-hybridized carbons (Fsp3) is 1.00. The van der Waals surface area contributed by atoms with Gasteiger partial charge in [-0.3, -0.25) is 0 Å². The average Bonchev–Trinajstić information content (AvgIpc) is 2.04. The van der Waals surface area contributed by atoms with Crippen LogP contribution in [0.2, 0.25) is 0 Å². The molecule has 0 atom stereocenters. The highest BCUT2D eigenvalue weighted by atomic mass is 35.5. The first kappa shape index (κ1) is 14.0. The summed E-state index contributed by atoms with van der Waals surface area (Å²) in [6, 6.07) is 0. The molecule has 0 amide bonds. The fourth-order valence-corrected chi connectivity index (χ4v) is 0.627. The molecule has 0 bridgehead atoms. The summed E-state index contributed by atoms with van der Waals surface area (Å²) < 4.78 is 4.56. The van der Waals surface area contributed by atoms with Crippen LogP contribution in [0, 0.1) is 0 Å². The van der Waals surface area contributed by atoms with Crippen LogP contribution >= 0.6 is 23.2 Å². The van der Waals surface area contributed by atoms with Crippen LogP contribution < -0.4 is 0 Å². The van der Waals surface area contributed by atoms with Gasteiger partial charge in [0.25, 0.3) is 0 Å². The Bertz CT molecular complexity index is 47.7. The largest absolute Gasteiger partial charge is 0.396 e. The molecule has 0 aromatic heterocycles. The Kier molecular flexibility index (Phi) is 21.5. The summed E-state index contributed by atoms with van der Waals surface area (Å²) >= 11 is 10.4. The van der Waals surface area contributed by atoms with Crippen LogP contribution in [0.5, 0.6) is 0 Å². The van der Waals surface area contributed by atoms with E-state index in [0.717, 1.165) is 12.8 Å². The molecule has 0 rings (SSSR count). The highest BCUT2D eigenvalue weighted by Gasteiger charge is 1.77. The van der Waals surface area contributed by atoms with Gasteiger partial charge < -0.3 is 9.84 Å². The third-order valence-electron chi connectivity index (χ3n) is 0.823. The fourth-order valence-electron chi connectivity index (χ4n) is 0.283. The highest BCUT2D eigenvalue weighted by molar-refractivity contribution is 6.18. The second kappa shape index (κ2) is 16.8. The van der Waals surface area contributed by atoms with E-state index in [-0.39, 0.29) is 6.61 Å². The summed E-state index contributed by atoms with van der Waals surface area (Å²) in [7, 11) is 1.63. The number of aliphatic hydroxyl groups is 1. The molecule has 70 valence electrons. The van der Waals surface area contributed by atoms with Gasteiger partial charge in [-0.1, -0.05) is 0 Å². The Morgan fingerprint density at radius 1 is 1.18 bits per heavy atom. The number of methoxy groups -OCH3 is 1.